The van der Waals surface area contributed by atoms with E-state index in [9.17, 15) is 0 Å². The zero-order valence-corrected chi connectivity index (χ0v) is 10.6. The second kappa shape index (κ2) is 4.58. The summed E-state index contributed by atoms with van der Waals surface area (Å²) in [6, 6.07) is 0. The number of hydrogen-bond donors (Lipinski definition) is 1. The maximum absolute atomic E-state index is 5.95. The van der Waals surface area contributed by atoms with E-state index in [1.165, 1.54) is 32.0 Å². The molecule has 1 saturated carbocycles. The molecule has 0 unspecified atom stereocenters. The van der Waals surface area contributed by atoms with Crippen LogP contribution in [-0.2, 0) is 0 Å². The molecule has 0 saturated heterocycles. The van der Waals surface area contributed by atoms with Crippen LogP contribution < -0.4 is 5.32 Å². The molecule has 4 heteroatoms. The summed E-state index contributed by atoms with van der Waals surface area (Å²) in [6.45, 7) is 5.26. The average Bonchev–Trinajstić information content (AvgIpc) is 2.68. The van der Waals surface area contributed by atoms with Gasteiger partial charge in [-0.05, 0) is 25.2 Å². The Morgan fingerprint density at radius 1 is 1.38 bits per heavy atom. The third-order valence-electron chi connectivity index (χ3n) is 3.52. The van der Waals surface area contributed by atoms with Gasteiger partial charge in [0.2, 0.25) is 0 Å². The van der Waals surface area contributed by atoms with Gasteiger partial charge >= 0.3 is 0 Å². The van der Waals surface area contributed by atoms with Crippen LogP contribution in [0.15, 0.2) is 6.33 Å². The number of anilines is 1. The molecular formula is C12H18ClN3. The highest BCUT2D eigenvalue weighted by Crippen LogP contribution is 2.37. The van der Waals surface area contributed by atoms with Crippen LogP contribution >= 0.6 is 11.6 Å². The van der Waals surface area contributed by atoms with Gasteiger partial charge in [0.05, 0.1) is 0 Å². The van der Waals surface area contributed by atoms with Gasteiger partial charge in [-0.25, -0.2) is 9.97 Å². The van der Waals surface area contributed by atoms with Crippen LogP contribution in [0.4, 0.5) is 5.82 Å². The van der Waals surface area contributed by atoms with Crippen molar-refractivity contribution in [3.63, 3.8) is 0 Å². The summed E-state index contributed by atoms with van der Waals surface area (Å²) in [4.78, 5) is 8.18. The molecule has 3 nitrogen and oxygen atoms in total. The highest BCUT2D eigenvalue weighted by atomic mass is 35.5. The predicted molar refractivity (Wildman–Crippen MR) is 66.8 cm³/mol. The molecule has 1 aromatic heterocycles. The summed E-state index contributed by atoms with van der Waals surface area (Å²) >= 11 is 5.95. The van der Waals surface area contributed by atoms with E-state index in [1.807, 2.05) is 6.92 Å². The molecule has 1 heterocycles. The van der Waals surface area contributed by atoms with E-state index < -0.39 is 0 Å². The van der Waals surface area contributed by atoms with Gasteiger partial charge in [0, 0.05) is 12.1 Å². The van der Waals surface area contributed by atoms with Crippen LogP contribution in [0.1, 0.15) is 38.2 Å². The number of rotatable bonds is 3. The zero-order chi connectivity index (χ0) is 11.6. The summed E-state index contributed by atoms with van der Waals surface area (Å²) < 4.78 is 0. The van der Waals surface area contributed by atoms with Crippen molar-refractivity contribution in [2.24, 2.45) is 5.41 Å². The largest absolute Gasteiger partial charge is 0.369 e. The van der Waals surface area contributed by atoms with Crippen molar-refractivity contribution < 1.29 is 0 Å². The maximum atomic E-state index is 5.95. The van der Waals surface area contributed by atoms with E-state index in [-0.39, 0.29) is 0 Å². The van der Waals surface area contributed by atoms with Crippen LogP contribution in [0, 0.1) is 12.3 Å². The van der Waals surface area contributed by atoms with Crippen molar-refractivity contribution >= 4 is 17.4 Å². The standard InChI is InChI=1S/C12H18ClN3/c1-9-10(13)15-8-16-11(9)14-7-12(2)5-3-4-6-12/h8H,3-7H2,1-2H3,(H,14,15,16). The molecule has 0 bridgehead atoms. The molecule has 0 amide bonds. The van der Waals surface area contributed by atoms with Crippen molar-refractivity contribution in [3.05, 3.63) is 17.0 Å². The minimum absolute atomic E-state index is 0.421. The average molecular weight is 240 g/mol. The highest BCUT2D eigenvalue weighted by Gasteiger charge is 2.28. The van der Waals surface area contributed by atoms with Crippen molar-refractivity contribution in [1.29, 1.82) is 0 Å². The van der Waals surface area contributed by atoms with Gasteiger partial charge in [-0.2, -0.15) is 0 Å². The van der Waals surface area contributed by atoms with E-state index >= 15 is 0 Å². The summed E-state index contributed by atoms with van der Waals surface area (Å²) in [5.74, 6) is 0.869. The first-order valence-electron chi connectivity index (χ1n) is 5.82. The molecule has 0 radical (unpaired) electrons. The molecule has 0 aliphatic heterocycles. The fourth-order valence-corrected chi connectivity index (χ4v) is 2.44. The first-order valence-corrected chi connectivity index (χ1v) is 6.19. The molecule has 1 aliphatic rings. The maximum Gasteiger partial charge on any atom is 0.137 e. The van der Waals surface area contributed by atoms with Crippen molar-refractivity contribution in [3.8, 4) is 0 Å². The van der Waals surface area contributed by atoms with Gasteiger partial charge in [-0.3, -0.25) is 0 Å². The number of nitrogens with one attached hydrogen (secondary N) is 1. The van der Waals surface area contributed by atoms with Crippen LogP contribution in [0.25, 0.3) is 0 Å². The first-order chi connectivity index (χ1) is 7.61. The number of halogens is 1. The fraction of sp³-hybridized carbons (Fsp3) is 0.667. The lowest BCUT2D eigenvalue weighted by Crippen LogP contribution is -2.23. The van der Waals surface area contributed by atoms with Gasteiger partial charge in [0.25, 0.3) is 0 Å². The lowest BCUT2D eigenvalue weighted by Gasteiger charge is -2.24. The van der Waals surface area contributed by atoms with E-state index in [0.717, 1.165) is 17.9 Å². The van der Waals surface area contributed by atoms with E-state index in [2.05, 4.69) is 22.2 Å². The summed E-state index contributed by atoms with van der Waals surface area (Å²) in [5, 5.41) is 3.94. The van der Waals surface area contributed by atoms with Crippen LogP contribution in [-0.4, -0.2) is 16.5 Å². The van der Waals surface area contributed by atoms with Crippen molar-refractivity contribution in [2.75, 3.05) is 11.9 Å². The molecule has 0 aromatic carbocycles. The zero-order valence-electron chi connectivity index (χ0n) is 9.89. The fourth-order valence-electron chi connectivity index (χ4n) is 2.31. The second-order valence-electron chi connectivity index (χ2n) is 5.01. The highest BCUT2D eigenvalue weighted by molar-refractivity contribution is 6.30. The Labute approximate surface area is 102 Å². The van der Waals surface area contributed by atoms with E-state index in [4.69, 9.17) is 11.6 Å². The summed E-state index contributed by atoms with van der Waals surface area (Å²) in [7, 11) is 0. The monoisotopic (exact) mass is 239 g/mol. The Balaban J connectivity index is 2.02. The Morgan fingerprint density at radius 3 is 2.75 bits per heavy atom. The van der Waals surface area contributed by atoms with Gasteiger partial charge in [-0.15, -0.1) is 0 Å². The molecule has 2 rings (SSSR count). The normalized spacial score (nSPS) is 18.7. The molecule has 88 valence electrons. The van der Waals surface area contributed by atoms with E-state index in [1.54, 1.807) is 0 Å². The Kier molecular flexibility index (Phi) is 3.33. The lowest BCUT2D eigenvalue weighted by atomic mass is 9.89. The Morgan fingerprint density at radius 2 is 2.06 bits per heavy atom. The SMILES string of the molecule is Cc1c(Cl)ncnc1NCC1(C)CCCC1. The summed E-state index contributed by atoms with van der Waals surface area (Å²) in [6.07, 6.45) is 6.81. The molecule has 0 spiro atoms. The van der Waals surface area contributed by atoms with Gasteiger partial charge in [-0.1, -0.05) is 31.4 Å². The van der Waals surface area contributed by atoms with Crippen molar-refractivity contribution in [2.45, 2.75) is 39.5 Å². The van der Waals surface area contributed by atoms with Crippen LogP contribution in [0.3, 0.4) is 0 Å². The number of aromatic nitrogens is 2. The number of hydrogen-bond acceptors (Lipinski definition) is 3. The lowest BCUT2D eigenvalue weighted by molar-refractivity contribution is 0.361. The molecule has 1 aliphatic carbocycles. The quantitative estimate of drug-likeness (QED) is 0.822. The third kappa shape index (κ3) is 2.46. The van der Waals surface area contributed by atoms with Gasteiger partial charge < -0.3 is 5.32 Å². The topological polar surface area (TPSA) is 37.8 Å². The van der Waals surface area contributed by atoms with Gasteiger partial charge in [0.1, 0.15) is 17.3 Å². The Bertz CT molecular complexity index is 373. The summed E-state index contributed by atoms with van der Waals surface area (Å²) in [5.41, 5.74) is 1.36. The van der Waals surface area contributed by atoms with Crippen LogP contribution in [0.2, 0.25) is 5.15 Å². The molecule has 16 heavy (non-hydrogen) atoms. The molecule has 0 atom stereocenters. The van der Waals surface area contributed by atoms with Crippen molar-refractivity contribution in [1.82, 2.24) is 9.97 Å². The Hall–Kier alpha value is -0.830. The third-order valence-corrected chi connectivity index (χ3v) is 3.90. The minimum atomic E-state index is 0.421. The number of nitrogens with zero attached hydrogens (tertiary/aromatic N) is 2. The van der Waals surface area contributed by atoms with Crippen LogP contribution in [0.5, 0.6) is 0 Å². The second-order valence-corrected chi connectivity index (χ2v) is 5.37. The molecule has 1 N–H and O–H groups in total. The smallest absolute Gasteiger partial charge is 0.137 e. The molecule has 1 fully saturated rings. The molecular weight excluding hydrogens is 222 g/mol. The first kappa shape index (κ1) is 11.6. The van der Waals surface area contributed by atoms with Gasteiger partial charge in [0.15, 0.2) is 0 Å². The molecule has 1 aromatic rings. The van der Waals surface area contributed by atoms with E-state index in [0.29, 0.717) is 10.6 Å². The minimum Gasteiger partial charge on any atom is -0.369 e. The predicted octanol–water partition coefficient (Wildman–Crippen LogP) is 3.43.